The van der Waals surface area contributed by atoms with Gasteiger partial charge in [0.2, 0.25) is 5.91 Å². The maximum atomic E-state index is 10.9. The summed E-state index contributed by atoms with van der Waals surface area (Å²) < 4.78 is 0. The first-order valence-electron chi connectivity index (χ1n) is 3.94. The predicted molar refractivity (Wildman–Crippen MR) is 44.2 cm³/mol. The van der Waals surface area contributed by atoms with E-state index < -0.39 is 0 Å². The van der Waals surface area contributed by atoms with Crippen LogP contribution in [0.5, 0.6) is 0 Å². The van der Waals surface area contributed by atoms with Crippen LogP contribution < -0.4 is 10.6 Å². The van der Waals surface area contributed by atoms with Crippen molar-refractivity contribution >= 4 is 5.91 Å². The van der Waals surface area contributed by atoms with Crippen LogP contribution in [0.25, 0.3) is 0 Å². The third-order valence-electron chi connectivity index (χ3n) is 1.57. The standard InChI is InChI=1S/C8H14N2O/c1-2-5-9-8(11)6-10-7-3-4-7/h2,7,10H,1,3-6H2,(H,9,11). The van der Waals surface area contributed by atoms with Gasteiger partial charge in [-0.15, -0.1) is 6.58 Å². The van der Waals surface area contributed by atoms with E-state index in [2.05, 4.69) is 17.2 Å². The molecule has 0 spiro atoms. The Morgan fingerprint density at radius 3 is 2.91 bits per heavy atom. The number of carbonyl (C=O) groups excluding carboxylic acids is 1. The molecular weight excluding hydrogens is 140 g/mol. The van der Waals surface area contributed by atoms with Gasteiger partial charge in [0.05, 0.1) is 6.54 Å². The van der Waals surface area contributed by atoms with E-state index in [1.165, 1.54) is 12.8 Å². The van der Waals surface area contributed by atoms with Gasteiger partial charge in [-0.25, -0.2) is 0 Å². The van der Waals surface area contributed by atoms with Crippen molar-refractivity contribution < 1.29 is 4.79 Å². The van der Waals surface area contributed by atoms with Crippen LogP contribution in [0.4, 0.5) is 0 Å². The molecule has 1 rings (SSSR count). The molecule has 0 aromatic heterocycles. The highest BCUT2D eigenvalue weighted by Gasteiger charge is 2.20. The Morgan fingerprint density at radius 2 is 2.36 bits per heavy atom. The topological polar surface area (TPSA) is 41.1 Å². The van der Waals surface area contributed by atoms with Crippen LogP contribution in [0.15, 0.2) is 12.7 Å². The molecule has 1 aliphatic rings. The van der Waals surface area contributed by atoms with Gasteiger partial charge in [0.25, 0.3) is 0 Å². The SMILES string of the molecule is C=CCNC(=O)CNC1CC1. The van der Waals surface area contributed by atoms with Crippen molar-refractivity contribution in [1.29, 1.82) is 0 Å². The summed E-state index contributed by atoms with van der Waals surface area (Å²) in [6.45, 7) is 4.51. The van der Waals surface area contributed by atoms with Crippen molar-refractivity contribution in [2.45, 2.75) is 18.9 Å². The zero-order valence-electron chi connectivity index (χ0n) is 6.60. The number of hydrogen-bond donors (Lipinski definition) is 2. The normalized spacial score (nSPS) is 16.0. The average Bonchev–Trinajstić information content (AvgIpc) is 2.80. The van der Waals surface area contributed by atoms with Crippen molar-refractivity contribution in [3.8, 4) is 0 Å². The molecule has 0 aliphatic heterocycles. The van der Waals surface area contributed by atoms with E-state index in [1.807, 2.05) is 0 Å². The second kappa shape index (κ2) is 4.13. The van der Waals surface area contributed by atoms with Gasteiger partial charge in [-0.1, -0.05) is 6.08 Å². The minimum absolute atomic E-state index is 0.0526. The predicted octanol–water partition coefficient (Wildman–Crippen LogP) is 0.0406. The van der Waals surface area contributed by atoms with Crippen LogP contribution >= 0.6 is 0 Å². The summed E-state index contributed by atoms with van der Waals surface area (Å²) in [5.41, 5.74) is 0. The van der Waals surface area contributed by atoms with Crippen LogP contribution in [0.3, 0.4) is 0 Å². The number of nitrogens with one attached hydrogen (secondary N) is 2. The quantitative estimate of drug-likeness (QED) is 0.549. The fraction of sp³-hybridized carbons (Fsp3) is 0.625. The minimum Gasteiger partial charge on any atom is -0.352 e. The second-order valence-electron chi connectivity index (χ2n) is 2.75. The summed E-state index contributed by atoms with van der Waals surface area (Å²) in [7, 11) is 0. The summed E-state index contributed by atoms with van der Waals surface area (Å²) in [6.07, 6.45) is 4.11. The molecule has 0 radical (unpaired) electrons. The van der Waals surface area contributed by atoms with Crippen LogP contribution in [-0.4, -0.2) is 25.0 Å². The summed E-state index contributed by atoms with van der Waals surface area (Å²) in [6, 6.07) is 0.601. The number of hydrogen-bond acceptors (Lipinski definition) is 2. The Morgan fingerprint density at radius 1 is 1.64 bits per heavy atom. The number of carbonyl (C=O) groups is 1. The molecule has 1 amide bonds. The zero-order valence-corrected chi connectivity index (χ0v) is 6.60. The third kappa shape index (κ3) is 3.78. The summed E-state index contributed by atoms with van der Waals surface area (Å²) in [4.78, 5) is 10.9. The zero-order chi connectivity index (χ0) is 8.10. The van der Waals surface area contributed by atoms with Crippen molar-refractivity contribution in [2.75, 3.05) is 13.1 Å². The van der Waals surface area contributed by atoms with E-state index in [9.17, 15) is 4.79 Å². The van der Waals surface area contributed by atoms with Gasteiger partial charge < -0.3 is 10.6 Å². The Labute approximate surface area is 66.9 Å². The third-order valence-corrected chi connectivity index (χ3v) is 1.57. The fourth-order valence-electron chi connectivity index (χ4n) is 0.773. The van der Waals surface area contributed by atoms with Crippen LogP contribution in [0, 0.1) is 0 Å². The smallest absolute Gasteiger partial charge is 0.234 e. The molecule has 0 heterocycles. The van der Waals surface area contributed by atoms with Crippen molar-refractivity contribution in [2.24, 2.45) is 0 Å². The van der Waals surface area contributed by atoms with E-state index in [1.54, 1.807) is 6.08 Å². The first kappa shape index (κ1) is 8.27. The second-order valence-corrected chi connectivity index (χ2v) is 2.75. The van der Waals surface area contributed by atoms with Gasteiger partial charge >= 0.3 is 0 Å². The lowest BCUT2D eigenvalue weighted by atomic mass is 10.5. The van der Waals surface area contributed by atoms with E-state index in [0.717, 1.165) is 0 Å². The van der Waals surface area contributed by atoms with Gasteiger partial charge in [-0.3, -0.25) is 4.79 Å². The van der Waals surface area contributed by atoms with Crippen LogP contribution in [-0.2, 0) is 4.79 Å². The van der Waals surface area contributed by atoms with Crippen LogP contribution in [0.2, 0.25) is 0 Å². The molecule has 0 bridgehead atoms. The highest BCUT2D eigenvalue weighted by atomic mass is 16.1. The molecule has 11 heavy (non-hydrogen) atoms. The van der Waals surface area contributed by atoms with Gasteiger partial charge in [0.1, 0.15) is 0 Å². The summed E-state index contributed by atoms with van der Waals surface area (Å²) in [5, 5.41) is 5.81. The number of amides is 1. The highest BCUT2D eigenvalue weighted by Crippen LogP contribution is 2.17. The van der Waals surface area contributed by atoms with E-state index in [4.69, 9.17) is 0 Å². The molecule has 0 aromatic carbocycles. The maximum absolute atomic E-state index is 10.9. The molecule has 0 aromatic rings. The van der Waals surface area contributed by atoms with E-state index >= 15 is 0 Å². The molecule has 0 atom stereocenters. The summed E-state index contributed by atoms with van der Waals surface area (Å²) in [5.74, 6) is 0.0526. The molecule has 1 fully saturated rings. The minimum atomic E-state index is 0.0526. The van der Waals surface area contributed by atoms with Gasteiger partial charge in [0, 0.05) is 12.6 Å². The lowest BCUT2D eigenvalue weighted by Gasteiger charge is -2.02. The highest BCUT2D eigenvalue weighted by molar-refractivity contribution is 5.78. The Balaban J connectivity index is 1.95. The molecular formula is C8H14N2O. The molecule has 3 heteroatoms. The molecule has 62 valence electrons. The first-order valence-corrected chi connectivity index (χ1v) is 3.94. The Hall–Kier alpha value is -0.830. The maximum Gasteiger partial charge on any atom is 0.234 e. The van der Waals surface area contributed by atoms with E-state index in [-0.39, 0.29) is 5.91 Å². The molecule has 1 aliphatic carbocycles. The number of rotatable bonds is 5. The molecule has 0 saturated heterocycles. The van der Waals surface area contributed by atoms with Gasteiger partial charge in [-0.05, 0) is 12.8 Å². The van der Waals surface area contributed by atoms with E-state index in [0.29, 0.717) is 19.1 Å². The molecule has 2 N–H and O–H groups in total. The molecule has 0 unspecified atom stereocenters. The first-order chi connectivity index (χ1) is 5.33. The van der Waals surface area contributed by atoms with Crippen molar-refractivity contribution in [3.05, 3.63) is 12.7 Å². The average molecular weight is 154 g/mol. The van der Waals surface area contributed by atoms with Crippen molar-refractivity contribution in [3.63, 3.8) is 0 Å². The molecule has 1 saturated carbocycles. The lowest BCUT2D eigenvalue weighted by Crippen LogP contribution is -2.34. The lowest BCUT2D eigenvalue weighted by molar-refractivity contribution is -0.120. The Bertz CT molecular complexity index is 152. The largest absolute Gasteiger partial charge is 0.352 e. The Kier molecular flexibility index (Phi) is 3.11. The molecule has 3 nitrogen and oxygen atoms in total. The summed E-state index contributed by atoms with van der Waals surface area (Å²) >= 11 is 0. The van der Waals surface area contributed by atoms with Gasteiger partial charge in [0.15, 0.2) is 0 Å². The van der Waals surface area contributed by atoms with Crippen LogP contribution in [0.1, 0.15) is 12.8 Å². The monoisotopic (exact) mass is 154 g/mol. The fourth-order valence-corrected chi connectivity index (χ4v) is 0.773. The van der Waals surface area contributed by atoms with Crippen molar-refractivity contribution in [1.82, 2.24) is 10.6 Å². The van der Waals surface area contributed by atoms with Gasteiger partial charge in [-0.2, -0.15) is 0 Å².